The molecule has 2 heterocycles. The lowest BCUT2D eigenvalue weighted by Crippen LogP contribution is -2.65. The van der Waals surface area contributed by atoms with Crippen LogP contribution in [0.15, 0.2) is 36.5 Å². The number of allylic oxidation sites excluding steroid dienone is 5. The maximum Gasteiger partial charge on any atom is 0.220 e. The Kier molecular flexibility index (Phi) is 24.8. The molecule has 2 aliphatic rings. The number of carbonyl (C=O) groups excluding carboxylic acids is 1. The van der Waals surface area contributed by atoms with E-state index in [9.17, 15) is 45.6 Å². The van der Waals surface area contributed by atoms with Crippen LogP contribution in [0.5, 0.6) is 0 Å². The topological polar surface area (TPSA) is 228 Å². The highest BCUT2D eigenvalue weighted by Crippen LogP contribution is 2.29. The van der Waals surface area contributed by atoms with E-state index in [2.05, 4.69) is 36.5 Å². The van der Waals surface area contributed by atoms with Gasteiger partial charge in [-0.25, -0.2) is 0 Å². The molecule has 14 nitrogen and oxygen atoms in total. The minimum Gasteiger partial charge on any atom is -0.394 e. The van der Waals surface area contributed by atoms with Gasteiger partial charge in [0.1, 0.15) is 48.8 Å². The van der Waals surface area contributed by atoms with Gasteiger partial charge in [0.05, 0.1) is 32.0 Å². The van der Waals surface area contributed by atoms with Crippen molar-refractivity contribution in [3.63, 3.8) is 0 Å². The van der Waals surface area contributed by atoms with Gasteiger partial charge in [0.15, 0.2) is 12.6 Å². The standard InChI is InChI=1S/C39H69NO13/c1-3-5-7-8-9-10-11-12-13-14-15-16-17-18-19-21-22-28(43)27(40-31(44)23-20-6-4-2)26-50-38-36(49)34(47)37(30(25-42)52-38)53-39-35(48)33(46)32(45)29(24-41)51-39/h12-13,16-17,21-22,27-30,32-39,41-43,45-49H,3-11,14-15,18-20,23-26H2,1-2H3,(H,40,44)/b13-12+,17-16+,22-21+. The van der Waals surface area contributed by atoms with Crippen LogP contribution in [0.2, 0.25) is 0 Å². The zero-order chi connectivity index (χ0) is 39.0. The molecule has 9 N–H and O–H groups in total. The van der Waals surface area contributed by atoms with E-state index in [-0.39, 0.29) is 18.9 Å². The maximum absolute atomic E-state index is 12.7. The van der Waals surface area contributed by atoms with E-state index < -0.39 is 86.8 Å². The summed E-state index contributed by atoms with van der Waals surface area (Å²) in [6, 6.07) is -0.928. The zero-order valence-corrected chi connectivity index (χ0v) is 31.7. The first-order chi connectivity index (χ1) is 25.6. The molecule has 2 saturated heterocycles. The molecule has 0 aromatic heterocycles. The number of unbranched alkanes of at least 4 members (excludes halogenated alkanes) is 10. The first-order valence-corrected chi connectivity index (χ1v) is 19.7. The van der Waals surface area contributed by atoms with E-state index in [1.54, 1.807) is 6.08 Å². The average Bonchev–Trinajstić information content (AvgIpc) is 3.15. The summed E-state index contributed by atoms with van der Waals surface area (Å²) in [6.45, 7) is 2.51. The number of nitrogens with one attached hydrogen (secondary N) is 1. The van der Waals surface area contributed by atoms with E-state index in [1.807, 2.05) is 13.0 Å². The van der Waals surface area contributed by atoms with Crippen molar-refractivity contribution in [1.29, 1.82) is 0 Å². The van der Waals surface area contributed by atoms with Crippen LogP contribution < -0.4 is 5.32 Å². The molecule has 0 spiro atoms. The highest BCUT2D eigenvalue weighted by molar-refractivity contribution is 5.76. The Labute approximate surface area is 315 Å². The highest BCUT2D eigenvalue weighted by Gasteiger charge is 2.50. The average molecular weight is 760 g/mol. The fraction of sp³-hybridized carbons (Fsp3) is 0.821. The van der Waals surface area contributed by atoms with E-state index >= 15 is 0 Å². The van der Waals surface area contributed by atoms with Gasteiger partial charge in [-0.2, -0.15) is 0 Å². The van der Waals surface area contributed by atoms with Gasteiger partial charge in [-0.15, -0.1) is 0 Å². The fourth-order valence-corrected chi connectivity index (χ4v) is 6.20. The lowest BCUT2D eigenvalue weighted by atomic mass is 9.97. The summed E-state index contributed by atoms with van der Waals surface area (Å²) in [7, 11) is 0. The fourth-order valence-electron chi connectivity index (χ4n) is 6.20. The van der Waals surface area contributed by atoms with Gasteiger partial charge >= 0.3 is 0 Å². The van der Waals surface area contributed by atoms with Crippen LogP contribution in [0, 0.1) is 0 Å². The summed E-state index contributed by atoms with van der Waals surface area (Å²) in [5, 5.41) is 85.6. The molecule has 12 atom stereocenters. The highest BCUT2D eigenvalue weighted by atomic mass is 16.7. The third kappa shape index (κ3) is 17.3. The number of aliphatic hydroxyl groups excluding tert-OH is 8. The second-order valence-electron chi connectivity index (χ2n) is 14.0. The van der Waals surface area contributed by atoms with Crippen LogP contribution in [-0.2, 0) is 23.7 Å². The van der Waals surface area contributed by atoms with Gasteiger partial charge in [-0.05, 0) is 44.9 Å². The van der Waals surface area contributed by atoms with Crippen molar-refractivity contribution in [2.24, 2.45) is 0 Å². The van der Waals surface area contributed by atoms with Gasteiger partial charge < -0.3 is 65.1 Å². The van der Waals surface area contributed by atoms with Crippen molar-refractivity contribution in [2.75, 3.05) is 19.8 Å². The minimum atomic E-state index is -1.79. The lowest BCUT2D eigenvalue weighted by molar-refractivity contribution is -0.359. The normalized spacial score (nSPS) is 30.8. The van der Waals surface area contributed by atoms with Gasteiger partial charge in [-0.1, -0.05) is 95.2 Å². The third-order valence-corrected chi connectivity index (χ3v) is 9.56. The molecule has 2 aliphatic heterocycles. The molecule has 0 aromatic rings. The summed E-state index contributed by atoms with van der Waals surface area (Å²) in [4.78, 5) is 12.7. The molecular formula is C39H69NO13. The molecular weight excluding hydrogens is 690 g/mol. The molecule has 0 aliphatic carbocycles. The second-order valence-corrected chi connectivity index (χ2v) is 14.0. The van der Waals surface area contributed by atoms with E-state index in [1.165, 1.54) is 38.5 Å². The Bertz CT molecular complexity index is 1040. The van der Waals surface area contributed by atoms with Crippen molar-refractivity contribution in [1.82, 2.24) is 5.32 Å². The second kappa shape index (κ2) is 27.7. The zero-order valence-electron chi connectivity index (χ0n) is 31.7. The van der Waals surface area contributed by atoms with E-state index in [0.29, 0.717) is 12.8 Å². The smallest absolute Gasteiger partial charge is 0.220 e. The molecule has 1 amide bonds. The SMILES string of the molecule is CCCCCCCC/C=C/CC/C=C/CC/C=C/C(O)C(COC1OC(CO)C(OC2OC(CO)C(O)C(O)C2O)C(O)C1O)NC(=O)CCCCC. The van der Waals surface area contributed by atoms with Crippen LogP contribution in [0.1, 0.15) is 110 Å². The lowest BCUT2D eigenvalue weighted by Gasteiger charge is -2.46. The summed E-state index contributed by atoms with van der Waals surface area (Å²) >= 11 is 0. The summed E-state index contributed by atoms with van der Waals surface area (Å²) in [5.74, 6) is -0.283. The Morgan fingerprint density at radius 3 is 1.85 bits per heavy atom. The first-order valence-electron chi connectivity index (χ1n) is 19.7. The molecule has 14 heteroatoms. The molecule has 53 heavy (non-hydrogen) atoms. The number of amides is 1. The monoisotopic (exact) mass is 759 g/mol. The predicted octanol–water partition coefficient (Wildman–Crippen LogP) is 2.03. The van der Waals surface area contributed by atoms with E-state index in [4.69, 9.17) is 18.9 Å². The van der Waals surface area contributed by atoms with Gasteiger partial charge in [0.2, 0.25) is 5.91 Å². The number of ether oxygens (including phenoxy) is 4. The van der Waals surface area contributed by atoms with Crippen LogP contribution in [0.3, 0.4) is 0 Å². The van der Waals surface area contributed by atoms with Crippen molar-refractivity contribution in [3.05, 3.63) is 36.5 Å². The molecule has 0 bridgehead atoms. The summed E-state index contributed by atoms with van der Waals surface area (Å²) < 4.78 is 22.4. The molecule has 0 saturated carbocycles. The van der Waals surface area contributed by atoms with Crippen LogP contribution in [0.4, 0.5) is 0 Å². The van der Waals surface area contributed by atoms with Crippen LogP contribution >= 0.6 is 0 Å². The Morgan fingerprint density at radius 1 is 0.660 bits per heavy atom. The van der Waals surface area contributed by atoms with Gasteiger partial charge in [0.25, 0.3) is 0 Å². The largest absolute Gasteiger partial charge is 0.394 e. The molecule has 12 unspecified atom stereocenters. The molecule has 2 rings (SSSR count). The predicted molar refractivity (Wildman–Crippen MR) is 198 cm³/mol. The quantitative estimate of drug-likeness (QED) is 0.0432. The minimum absolute atomic E-state index is 0.255. The number of rotatable bonds is 27. The van der Waals surface area contributed by atoms with Crippen molar-refractivity contribution in [2.45, 2.75) is 184 Å². The number of hydrogen-bond donors (Lipinski definition) is 9. The molecule has 2 fully saturated rings. The van der Waals surface area contributed by atoms with Crippen molar-refractivity contribution < 1.29 is 64.6 Å². The number of aliphatic hydroxyl groups is 8. The summed E-state index contributed by atoms with van der Waals surface area (Å²) in [6.07, 6.45) is 10.2. The van der Waals surface area contributed by atoms with Gasteiger partial charge in [-0.3, -0.25) is 4.79 Å². The number of carbonyl (C=O) groups is 1. The molecule has 308 valence electrons. The van der Waals surface area contributed by atoms with Crippen molar-refractivity contribution >= 4 is 5.91 Å². The third-order valence-electron chi connectivity index (χ3n) is 9.56. The van der Waals surface area contributed by atoms with Gasteiger partial charge in [0, 0.05) is 6.42 Å². The van der Waals surface area contributed by atoms with Crippen LogP contribution in [0.25, 0.3) is 0 Å². The number of hydrogen-bond acceptors (Lipinski definition) is 13. The Balaban J connectivity index is 1.90. The first kappa shape index (κ1) is 47.4. The van der Waals surface area contributed by atoms with Crippen LogP contribution in [-0.4, -0.2) is 140 Å². The molecule has 0 aromatic carbocycles. The Hall–Kier alpha value is -1.79. The summed E-state index contributed by atoms with van der Waals surface area (Å²) in [5.41, 5.74) is 0. The van der Waals surface area contributed by atoms with Crippen molar-refractivity contribution in [3.8, 4) is 0 Å². The Morgan fingerprint density at radius 2 is 1.21 bits per heavy atom. The maximum atomic E-state index is 12.7. The van der Waals surface area contributed by atoms with E-state index in [0.717, 1.165) is 38.5 Å². The molecule has 0 radical (unpaired) electrons.